The predicted octanol–water partition coefficient (Wildman–Crippen LogP) is 2.82. The standard InChI is InChI=1S/C20H28N4O/c1-15-19(16(2)23(3)22-15)20(25)21-13-18-11-7-8-12-24(18)14-17-9-5-4-6-10-17/h4-6,9-10,18H,7-8,11-14H2,1-3H3,(H,21,25)/t18-/m0/s1. The van der Waals surface area contributed by atoms with E-state index in [-0.39, 0.29) is 5.91 Å². The summed E-state index contributed by atoms with van der Waals surface area (Å²) in [6.45, 7) is 6.58. The molecule has 0 spiro atoms. The zero-order chi connectivity index (χ0) is 17.8. The third-order valence-electron chi connectivity index (χ3n) is 5.21. The van der Waals surface area contributed by atoms with Crippen molar-refractivity contribution in [2.24, 2.45) is 7.05 Å². The van der Waals surface area contributed by atoms with Crippen LogP contribution in [-0.2, 0) is 13.6 Å². The monoisotopic (exact) mass is 340 g/mol. The molecule has 5 heteroatoms. The molecule has 0 radical (unpaired) electrons. The van der Waals surface area contributed by atoms with Gasteiger partial charge in [-0.25, -0.2) is 0 Å². The van der Waals surface area contributed by atoms with Crippen molar-refractivity contribution in [3.63, 3.8) is 0 Å². The molecule has 1 N–H and O–H groups in total. The maximum atomic E-state index is 12.6. The maximum Gasteiger partial charge on any atom is 0.255 e. The molecule has 1 amide bonds. The van der Waals surface area contributed by atoms with Crippen LogP contribution in [0, 0.1) is 13.8 Å². The van der Waals surface area contributed by atoms with Crippen LogP contribution in [0.25, 0.3) is 0 Å². The van der Waals surface area contributed by atoms with E-state index in [2.05, 4.69) is 45.6 Å². The lowest BCUT2D eigenvalue weighted by atomic mass is 10.0. The van der Waals surface area contributed by atoms with E-state index >= 15 is 0 Å². The first-order valence-corrected chi connectivity index (χ1v) is 9.12. The van der Waals surface area contributed by atoms with E-state index in [9.17, 15) is 4.79 Å². The van der Waals surface area contributed by atoms with E-state index in [1.165, 1.54) is 18.4 Å². The van der Waals surface area contributed by atoms with Gasteiger partial charge in [-0.3, -0.25) is 14.4 Å². The number of amides is 1. The fourth-order valence-corrected chi connectivity index (χ4v) is 3.72. The zero-order valence-corrected chi connectivity index (χ0v) is 15.5. The van der Waals surface area contributed by atoms with Crippen LogP contribution in [0.2, 0.25) is 0 Å². The highest BCUT2D eigenvalue weighted by atomic mass is 16.1. The van der Waals surface area contributed by atoms with Gasteiger partial charge >= 0.3 is 0 Å². The Balaban J connectivity index is 1.63. The van der Waals surface area contributed by atoms with Gasteiger partial charge in [0, 0.05) is 31.9 Å². The van der Waals surface area contributed by atoms with E-state index in [0.29, 0.717) is 18.2 Å². The lowest BCUT2D eigenvalue weighted by molar-refractivity contribution is 0.0906. The lowest BCUT2D eigenvalue weighted by Crippen LogP contribution is -2.46. The van der Waals surface area contributed by atoms with Crippen molar-refractivity contribution in [3.8, 4) is 0 Å². The molecule has 1 aromatic carbocycles. The number of likely N-dealkylation sites (tertiary alicyclic amines) is 1. The van der Waals surface area contributed by atoms with Gasteiger partial charge < -0.3 is 5.32 Å². The van der Waals surface area contributed by atoms with Crippen molar-refractivity contribution in [3.05, 3.63) is 52.8 Å². The summed E-state index contributed by atoms with van der Waals surface area (Å²) in [5.41, 5.74) is 3.76. The summed E-state index contributed by atoms with van der Waals surface area (Å²) < 4.78 is 1.77. The average molecular weight is 340 g/mol. The highest BCUT2D eigenvalue weighted by molar-refractivity contribution is 5.96. The van der Waals surface area contributed by atoms with Crippen LogP contribution < -0.4 is 5.32 Å². The number of rotatable bonds is 5. The molecule has 25 heavy (non-hydrogen) atoms. The summed E-state index contributed by atoms with van der Waals surface area (Å²) in [6, 6.07) is 11.0. The largest absolute Gasteiger partial charge is 0.350 e. The first-order valence-electron chi connectivity index (χ1n) is 9.12. The molecular formula is C20H28N4O. The molecule has 134 valence electrons. The highest BCUT2D eigenvalue weighted by Gasteiger charge is 2.24. The Morgan fingerprint density at radius 1 is 1.24 bits per heavy atom. The van der Waals surface area contributed by atoms with Gasteiger partial charge in [0.25, 0.3) is 5.91 Å². The molecule has 0 aliphatic carbocycles. The van der Waals surface area contributed by atoms with Crippen molar-refractivity contribution in [1.82, 2.24) is 20.0 Å². The van der Waals surface area contributed by atoms with Crippen LogP contribution in [0.1, 0.15) is 46.6 Å². The molecule has 1 atom stereocenters. The minimum Gasteiger partial charge on any atom is -0.350 e. The van der Waals surface area contributed by atoms with Crippen LogP contribution >= 0.6 is 0 Å². The Bertz CT molecular complexity index is 723. The minimum absolute atomic E-state index is 0.00617. The number of piperidine rings is 1. The molecule has 1 aliphatic rings. The number of nitrogens with one attached hydrogen (secondary N) is 1. The van der Waals surface area contributed by atoms with Crippen LogP contribution in [0.5, 0.6) is 0 Å². The second kappa shape index (κ2) is 7.83. The summed E-state index contributed by atoms with van der Waals surface area (Å²) in [5.74, 6) is -0.00617. The molecule has 1 saturated heterocycles. The number of aromatic nitrogens is 2. The maximum absolute atomic E-state index is 12.6. The molecule has 2 aromatic rings. The molecule has 5 nitrogen and oxygen atoms in total. The second-order valence-corrected chi connectivity index (χ2v) is 6.99. The lowest BCUT2D eigenvalue weighted by Gasteiger charge is -2.36. The first kappa shape index (κ1) is 17.7. The second-order valence-electron chi connectivity index (χ2n) is 6.99. The molecule has 0 unspecified atom stereocenters. The Kier molecular flexibility index (Phi) is 5.53. The Hall–Kier alpha value is -2.14. The predicted molar refractivity (Wildman–Crippen MR) is 99.5 cm³/mol. The van der Waals surface area contributed by atoms with Crippen molar-refractivity contribution in [2.75, 3.05) is 13.1 Å². The molecular weight excluding hydrogens is 312 g/mol. The Morgan fingerprint density at radius 2 is 2.00 bits per heavy atom. The Morgan fingerprint density at radius 3 is 2.68 bits per heavy atom. The number of carbonyl (C=O) groups is 1. The third kappa shape index (κ3) is 4.10. The van der Waals surface area contributed by atoms with Gasteiger partial charge in [-0.15, -0.1) is 0 Å². The minimum atomic E-state index is -0.00617. The Labute approximate surface area is 150 Å². The zero-order valence-electron chi connectivity index (χ0n) is 15.5. The van der Waals surface area contributed by atoms with Crippen molar-refractivity contribution in [2.45, 2.75) is 45.7 Å². The van der Waals surface area contributed by atoms with Crippen molar-refractivity contribution < 1.29 is 4.79 Å². The smallest absolute Gasteiger partial charge is 0.255 e. The molecule has 1 fully saturated rings. The van der Waals surface area contributed by atoms with Crippen LogP contribution in [-0.4, -0.2) is 39.7 Å². The number of hydrogen-bond acceptors (Lipinski definition) is 3. The summed E-state index contributed by atoms with van der Waals surface area (Å²) in [5, 5.41) is 7.49. The van der Waals surface area contributed by atoms with Crippen LogP contribution in [0.4, 0.5) is 0 Å². The van der Waals surface area contributed by atoms with Crippen LogP contribution in [0.15, 0.2) is 30.3 Å². The molecule has 0 saturated carbocycles. The number of carbonyl (C=O) groups excluding carboxylic acids is 1. The number of nitrogens with zero attached hydrogens (tertiary/aromatic N) is 3. The van der Waals surface area contributed by atoms with Gasteiger partial charge in [-0.2, -0.15) is 5.10 Å². The van der Waals surface area contributed by atoms with Gasteiger partial charge in [-0.1, -0.05) is 36.8 Å². The van der Waals surface area contributed by atoms with Gasteiger partial charge in [0.2, 0.25) is 0 Å². The molecule has 2 heterocycles. The molecule has 0 bridgehead atoms. The van der Waals surface area contributed by atoms with E-state index in [0.717, 1.165) is 30.9 Å². The third-order valence-corrected chi connectivity index (χ3v) is 5.21. The number of hydrogen-bond donors (Lipinski definition) is 1. The average Bonchev–Trinajstić information content (AvgIpc) is 2.87. The van der Waals surface area contributed by atoms with Gasteiger partial charge in [0.05, 0.1) is 11.3 Å². The molecule has 3 rings (SSSR count). The van der Waals surface area contributed by atoms with Gasteiger partial charge in [0.15, 0.2) is 0 Å². The van der Waals surface area contributed by atoms with Gasteiger partial charge in [0.1, 0.15) is 0 Å². The van der Waals surface area contributed by atoms with E-state index in [1.807, 2.05) is 20.9 Å². The molecule has 1 aromatic heterocycles. The van der Waals surface area contributed by atoms with Crippen LogP contribution in [0.3, 0.4) is 0 Å². The fraction of sp³-hybridized carbons (Fsp3) is 0.500. The number of benzene rings is 1. The first-order chi connectivity index (χ1) is 12.1. The SMILES string of the molecule is Cc1nn(C)c(C)c1C(=O)NC[C@@H]1CCCCN1Cc1ccccc1. The topological polar surface area (TPSA) is 50.2 Å². The van der Waals surface area contributed by atoms with E-state index in [1.54, 1.807) is 4.68 Å². The van der Waals surface area contributed by atoms with Gasteiger partial charge in [-0.05, 0) is 38.8 Å². The fourth-order valence-electron chi connectivity index (χ4n) is 3.72. The summed E-state index contributed by atoms with van der Waals surface area (Å²) in [7, 11) is 1.88. The molecule has 1 aliphatic heterocycles. The van der Waals surface area contributed by atoms with E-state index in [4.69, 9.17) is 0 Å². The van der Waals surface area contributed by atoms with Crippen molar-refractivity contribution >= 4 is 5.91 Å². The number of aryl methyl sites for hydroxylation is 2. The summed E-state index contributed by atoms with van der Waals surface area (Å²) in [6.07, 6.45) is 3.60. The van der Waals surface area contributed by atoms with E-state index < -0.39 is 0 Å². The van der Waals surface area contributed by atoms with Crippen molar-refractivity contribution in [1.29, 1.82) is 0 Å². The normalized spacial score (nSPS) is 18.3. The summed E-state index contributed by atoms with van der Waals surface area (Å²) in [4.78, 5) is 15.1. The quantitative estimate of drug-likeness (QED) is 0.910. The highest BCUT2D eigenvalue weighted by Crippen LogP contribution is 2.19. The summed E-state index contributed by atoms with van der Waals surface area (Å²) >= 11 is 0.